The maximum atomic E-state index is 6.06. The zero-order valence-electron chi connectivity index (χ0n) is 12.6. The Labute approximate surface area is 122 Å². The molecule has 2 rings (SSSR count). The molecule has 0 spiro atoms. The molecule has 0 bridgehead atoms. The quantitative estimate of drug-likeness (QED) is 0.884. The molecule has 3 heteroatoms. The molecule has 0 radical (unpaired) electrons. The third kappa shape index (κ3) is 3.04. The summed E-state index contributed by atoms with van der Waals surface area (Å²) in [4.78, 5) is 4.09. The predicted molar refractivity (Wildman–Crippen MR) is 84.7 cm³/mol. The van der Waals surface area contributed by atoms with E-state index < -0.39 is 0 Å². The Morgan fingerprint density at radius 1 is 1.32 bits per heavy atom. The van der Waals surface area contributed by atoms with Crippen LogP contribution < -0.4 is 5.73 Å². The van der Waals surface area contributed by atoms with Gasteiger partial charge < -0.3 is 5.73 Å². The van der Waals surface area contributed by atoms with Crippen LogP contribution in [0.25, 0.3) is 0 Å². The van der Waals surface area contributed by atoms with Crippen molar-refractivity contribution in [2.45, 2.75) is 52.5 Å². The van der Waals surface area contributed by atoms with Gasteiger partial charge in [0.15, 0.2) is 0 Å². The van der Waals surface area contributed by atoms with E-state index in [2.05, 4.69) is 37.1 Å². The van der Waals surface area contributed by atoms with Crippen molar-refractivity contribution in [3.05, 3.63) is 21.9 Å². The second kappa shape index (κ2) is 6.38. The zero-order valence-corrected chi connectivity index (χ0v) is 13.4. The van der Waals surface area contributed by atoms with Crippen molar-refractivity contribution >= 4 is 11.3 Å². The van der Waals surface area contributed by atoms with E-state index in [0.29, 0.717) is 11.5 Å². The number of hydrogen-bond donors (Lipinski definition) is 1. The van der Waals surface area contributed by atoms with Gasteiger partial charge in [0, 0.05) is 11.4 Å². The molecule has 1 saturated heterocycles. The van der Waals surface area contributed by atoms with Gasteiger partial charge in [0.25, 0.3) is 0 Å². The van der Waals surface area contributed by atoms with Crippen LogP contribution in [0.1, 0.15) is 56.0 Å². The lowest BCUT2D eigenvalue weighted by molar-refractivity contribution is 0.0688. The van der Waals surface area contributed by atoms with Gasteiger partial charge in [0.1, 0.15) is 0 Å². The number of piperidine rings is 1. The van der Waals surface area contributed by atoms with Gasteiger partial charge in [-0.1, -0.05) is 26.7 Å². The molecule has 108 valence electrons. The standard InChI is InChI=1S/C16H28N2S/c1-4-16(5-2)7-9-18(10-8-16)14(12-17)15-13(3)6-11-19-15/h6,11,14H,4-5,7-10,12,17H2,1-3H3. The first kappa shape index (κ1) is 15.0. The SMILES string of the molecule is CCC1(CC)CCN(C(CN)c2sccc2C)CC1. The number of rotatable bonds is 5. The van der Waals surface area contributed by atoms with Crippen LogP contribution >= 0.6 is 11.3 Å². The molecule has 2 nitrogen and oxygen atoms in total. The van der Waals surface area contributed by atoms with Gasteiger partial charge in [-0.05, 0) is 55.3 Å². The molecule has 0 aliphatic carbocycles. The van der Waals surface area contributed by atoms with E-state index in [1.807, 2.05) is 11.3 Å². The molecule has 2 heterocycles. The topological polar surface area (TPSA) is 29.3 Å². The second-order valence-corrected chi connectivity index (χ2v) is 6.91. The van der Waals surface area contributed by atoms with Gasteiger partial charge in [-0.15, -0.1) is 11.3 Å². The number of thiophene rings is 1. The Bertz CT molecular complexity index is 385. The highest BCUT2D eigenvalue weighted by atomic mass is 32.1. The highest BCUT2D eigenvalue weighted by Crippen LogP contribution is 2.40. The first-order valence-corrected chi connectivity index (χ1v) is 8.52. The van der Waals surface area contributed by atoms with Crippen molar-refractivity contribution in [3.8, 4) is 0 Å². The molecule has 2 N–H and O–H groups in total. The lowest BCUT2D eigenvalue weighted by Gasteiger charge is -2.43. The Morgan fingerprint density at radius 2 is 1.95 bits per heavy atom. The second-order valence-electron chi connectivity index (χ2n) is 5.96. The van der Waals surface area contributed by atoms with Crippen molar-refractivity contribution in [2.75, 3.05) is 19.6 Å². The average molecular weight is 280 g/mol. The van der Waals surface area contributed by atoms with E-state index in [4.69, 9.17) is 5.73 Å². The summed E-state index contributed by atoms with van der Waals surface area (Å²) >= 11 is 1.87. The van der Waals surface area contributed by atoms with Crippen LogP contribution in [0.3, 0.4) is 0 Å². The minimum Gasteiger partial charge on any atom is -0.329 e. The van der Waals surface area contributed by atoms with Crippen molar-refractivity contribution in [1.82, 2.24) is 4.90 Å². The van der Waals surface area contributed by atoms with Crippen LogP contribution in [0, 0.1) is 12.3 Å². The van der Waals surface area contributed by atoms with Gasteiger partial charge in [0.2, 0.25) is 0 Å². The molecule has 19 heavy (non-hydrogen) atoms. The van der Waals surface area contributed by atoms with Gasteiger partial charge in [-0.25, -0.2) is 0 Å². The summed E-state index contributed by atoms with van der Waals surface area (Å²) < 4.78 is 0. The summed E-state index contributed by atoms with van der Waals surface area (Å²) in [6.07, 6.45) is 5.31. The third-order valence-corrected chi connectivity index (χ3v) is 6.35. The monoisotopic (exact) mass is 280 g/mol. The van der Waals surface area contributed by atoms with Crippen molar-refractivity contribution in [1.29, 1.82) is 0 Å². The summed E-state index contributed by atoms with van der Waals surface area (Å²) in [7, 11) is 0. The minimum absolute atomic E-state index is 0.437. The van der Waals surface area contributed by atoms with Crippen molar-refractivity contribution < 1.29 is 0 Å². The van der Waals surface area contributed by atoms with Crippen LogP contribution in [-0.4, -0.2) is 24.5 Å². The normalized spacial score (nSPS) is 21.5. The predicted octanol–water partition coefficient (Wildman–Crippen LogP) is 3.96. The van der Waals surface area contributed by atoms with Gasteiger partial charge in [-0.3, -0.25) is 4.90 Å². The van der Waals surface area contributed by atoms with Crippen LogP contribution in [0.4, 0.5) is 0 Å². The van der Waals surface area contributed by atoms with E-state index >= 15 is 0 Å². The molecule has 1 aliphatic rings. The number of aryl methyl sites for hydroxylation is 1. The van der Waals surface area contributed by atoms with Crippen LogP contribution in [-0.2, 0) is 0 Å². The molecule has 1 aromatic heterocycles. The summed E-state index contributed by atoms with van der Waals surface area (Å²) in [5.41, 5.74) is 8.06. The highest BCUT2D eigenvalue weighted by molar-refractivity contribution is 7.10. The molecule has 1 aliphatic heterocycles. The Hall–Kier alpha value is -0.380. The van der Waals surface area contributed by atoms with E-state index in [1.165, 1.54) is 49.2 Å². The summed E-state index contributed by atoms with van der Waals surface area (Å²) in [6.45, 7) is 10.1. The lowest BCUT2D eigenvalue weighted by atomic mass is 9.74. The highest BCUT2D eigenvalue weighted by Gasteiger charge is 2.34. The van der Waals surface area contributed by atoms with E-state index in [9.17, 15) is 0 Å². The van der Waals surface area contributed by atoms with Crippen LogP contribution in [0.15, 0.2) is 11.4 Å². The summed E-state index contributed by atoms with van der Waals surface area (Å²) in [6, 6.07) is 2.65. The maximum absolute atomic E-state index is 6.06. The summed E-state index contributed by atoms with van der Waals surface area (Å²) in [5.74, 6) is 0. The number of likely N-dealkylation sites (tertiary alicyclic amines) is 1. The molecule has 0 saturated carbocycles. The van der Waals surface area contributed by atoms with E-state index in [1.54, 1.807) is 0 Å². The number of hydrogen-bond acceptors (Lipinski definition) is 3. The fraction of sp³-hybridized carbons (Fsp3) is 0.750. The van der Waals surface area contributed by atoms with Crippen LogP contribution in [0.2, 0.25) is 0 Å². The zero-order chi connectivity index (χ0) is 13.9. The Morgan fingerprint density at radius 3 is 2.37 bits per heavy atom. The summed E-state index contributed by atoms with van der Waals surface area (Å²) in [5, 5.41) is 2.19. The Balaban J connectivity index is 2.05. The number of nitrogens with zero attached hydrogens (tertiary/aromatic N) is 1. The maximum Gasteiger partial charge on any atom is 0.0566 e. The first-order valence-electron chi connectivity index (χ1n) is 7.64. The molecule has 1 unspecified atom stereocenters. The van der Waals surface area contributed by atoms with Crippen molar-refractivity contribution in [2.24, 2.45) is 11.1 Å². The van der Waals surface area contributed by atoms with Gasteiger partial charge >= 0.3 is 0 Å². The minimum atomic E-state index is 0.437. The van der Waals surface area contributed by atoms with Crippen LogP contribution in [0.5, 0.6) is 0 Å². The fourth-order valence-electron chi connectivity index (χ4n) is 3.41. The fourth-order valence-corrected chi connectivity index (χ4v) is 4.49. The van der Waals surface area contributed by atoms with Gasteiger partial charge in [-0.2, -0.15) is 0 Å². The largest absolute Gasteiger partial charge is 0.329 e. The molecular formula is C16H28N2S. The van der Waals surface area contributed by atoms with E-state index in [0.717, 1.165) is 6.54 Å². The van der Waals surface area contributed by atoms with Gasteiger partial charge in [0.05, 0.1) is 6.04 Å². The smallest absolute Gasteiger partial charge is 0.0566 e. The number of nitrogens with two attached hydrogens (primary N) is 1. The first-order chi connectivity index (χ1) is 9.15. The van der Waals surface area contributed by atoms with Crippen molar-refractivity contribution in [3.63, 3.8) is 0 Å². The van der Waals surface area contributed by atoms with E-state index in [-0.39, 0.29) is 0 Å². The molecule has 0 amide bonds. The lowest BCUT2D eigenvalue weighted by Crippen LogP contribution is -2.43. The molecule has 0 aromatic carbocycles. The average Bonchev–Trinajstić information content (AvgIpc) is 2.87. The molecule has 1 aromatic rings. The molecule has 1 fully saturated rings. The molecular weight excluding hydrogens is 252 g/mol. The third-order valence-electron chi connectivity index (χ3n) is 5.23. The molecule has 1 atom stereocenters. The Kier molecular flexibility index (Phi) is 5.04.